The van der Waals surface area contributed by atoms with Crippen molar-refractivity contribution in [3.63, 3.8) is 0 Å². The van der Waals surface area contributed by atoms with Crippen LogP contribution in [0.5, 0.6) is 0 Å². The third-order valence-corrected chi connectivity index (χ3v) is 5.90. The number of hydrogen-bond acceptors (Lipinski definition) is 2. The molecule has 1 aliphatic heterocycles. The molecule has 2 heterocycles. The Morgan fingerprint density at radius 2 is 1.82 bits per heavy atom. The van der Waals surface area contributed by atoms with E-state index in [9.17, 15) is 4.79 Å². The van der Waals surface area contributed by atoms with Crippen LogP contribution in [0.15, 0.2) is 72.6 Å². The molecule has 0 atom stereocenters. The summed E-state index contributed by atoms with van der Waals surface area (Å²) in [5.74, 6) is 0.694. The molecule has 1 saturated carbocycles. The van der Waals surface area contributed by atoms with Crippen LogP contribution in [0.2, 0.25) is 0 Å². The fraction of sp³-hybridized carbons (Fsp3) is 0.280. The molecule has 5 rings (SSSR count). The Bertz CT molecular complexity index is 1050. The average Bonchev–Trinajstić information content (AvgIpc) is 3.59. The first-order valence-electron chi connectivity index (χ1n) is 10.2. The molecule has 1 aliphatic carbocycles. The first kappa shape index (κ1) is 17.2. The largest absolute Gasteiger partial charge is 0.338 e. The molecule has 1 fully saturated rings. The summed E-state index contributed by atoms with van der Waals surface area (Å²) in [4.78, 5) is 18.4. The van der Waals surface area contributed by atoms with Gasteiger partial charge in [0.15, 0.2) is 0 Å². The SMILES string of the molecule is O=C(C1CC1)N1CC=C(Cc2ccc(-c3ccc4cnccc4c3)cc2)CC1. The molecule has 0 spiro atoms. The van der Waals surface area contributed by atoms with E-state index in [-0.39, 0.29) is 0 Å². The fourth-order valence-electron chi connectivity index (χ4n) is 4.00. The number of pyridine rings is 1. The Kier molecular flexibility index (Phi) is 4.44. The van der Waals surface area contributed by atoms with Gasteiger partial charge in [-0.15, -0.1) is 0 Å². The number of amides is 1. The Labute approximate surface area is 165 Å². The van der Waals surface area contributed by atoms with Crippen molar-refractivity contribution in [1.29, 1.82) is 0 Å². The van der Waals surface area contributed by atoms with Gasteiger partial charge in [0.25, 0.3) is 0 Å². The number of hydrogen-bond donors (Lipinski definition) is 0. The highest BCUT2D eigenvalue weighted by Crippen LogP contribution is 2.32. The maximum Gasteiger partial charge on any atom is 0.225 e. The minimum atomic E-state index is 0.328. The number of aromatic nitrogens is 1. The van der Waals surface area contributed by atoms with Crippen molar-refractivity contribution in [2.75, 3.05) is 13.1 Å². The predicted molar refractivity (Wildman–Crippen MR) is 113 cm³/mol. The van der Waals surface area contributed by atoms with Crippen molar-refractivity contribution in [2.45, 2.75) is 25.7 Å². The van der Waals surface area contributed by atoms with Gasteiger partial charge in [-0.05, 0) is 59.9 Å². The highest BCUT2D eigenvalue weighted by molar-refractivity contribution is 5.86. The van der Waals surface area contributed by atoms with E-state index in [1.54, 1.807) is 0 Å². The Hall–Kier alpha value is -2.94. The zero-order chi connectivity index (χ0) is 18.9. The van der Waals surface area contributed by atoms with E-state index in [1.807, 2.05) is 17.3 Å². The molecule has 0 radical (unpaired) electrons. The molecule has 0 unspecified atom stereocenters. The zero-order valence-electron chi connectivity index (χ0n) is 16.0. The van der Waals surface area contributed by atoms with E-state index in [2.05, 4.69) is 59.6 Å². The minimum Gasteiger partial charge on any atom is -0.338 e. The molecule has 0 saturated heterocycles. The second-order valence-corrected chi connectivity index (χ2v) is 7.98. The number of carbonyl (C=O) groups is 1. The number of nitrogens with zero attached hydrogens (tertiary/aromatic N) is 2. The molecule has 0 N–H and O–H groups in total. The lowest BCUT2D eigenvalue weighted by molar-refractivity contribution is -0.132. The topological polar surface area (TPSA) is 33.2 Å². The number of benzene rings is 2. The smallest absolute Gasteiger partial charge is 0.225 e. The highest BCUT2D eigenvalue weighted by atomic mass is 16.2. The van der Waals surface area contributed by atoms with Crippen molar-refractivity contribution in [1.82, 2.24) is 9.88 Å². The average molecular weight is 368 g/mol. The zero-order valence-corrected chi connectivity index (χ0v) is 16.0. The van der Waals surface area contributed by atoms with E-state index in [1.165, 1.54) is 33.0 Å². The van der Waals surface area contributed by atoms with Crippen LogP contribution in [-0.2, 0) is 11.2 Å². The maximum atomic E-state index is 12.2. The number of rotatable bonds is 4. The van der Waals surface area contributed by atoms with Gasteiger partial charge in [0.2, 0.25) is 5.91 Å². The van der Waals surface area contributed by atoms with E-state index in [0.29, 0.717) is 11.8 Å². The summed E-state index contributed by atoms with van der Waals surface area (Å²) >= 11 is 0. The molecule has 3 heteroatoms. The molecule has 3 aromatic rings. The summed E-state index contributed by atoms with van der Waals surface area (Å²) < 4.78 is 0. The summed E-state index contributed by atoms with van der Waals surface area (Å²) in [5, 5.41) is 2.38. The molecule has 0 bridgehead atoms. The van der Waals surface area contributed by atoms with E-state index < -0.39 is 0 Å². The Balaban J connectivity index is 1.26. The van der Waals surface area contributed by atoms with Crippen molar-refractivity contribution < 1.29 is 4.79 Å². The Morgan fingerprint density at radius 1 is 1.00 bits per heavy atom. The third kappa shape index (κ3) is 3.57. The lowest BCUT2D eigenvalue weighted by Crippen LogP contribution is -2.36. The molecular formula is C25H24N2O. The molecule has 1 aromatic heterocycles. The van der Waals surface area contributed by atoms with Gasteiger partial charge in [0.05, 0.1) is 0 Å². The van der Waals surface area contributed by atoms with Gasteiger partial charge in [0, 0.05) is 36.8 Å². The second-order valence-electron chi connectivity index (χ2n) is 7.98. The van der Waals surface area contributed by atoms with Crippen LogP contribution < -0.4 is 0 Å². The van der Waals surface area contributed by atoms with E-state index in [0.717, 1.165) is 38.8 Å². The van der Waals surface area contributed by atoms with Gasteiger partial charge < -0.3 is 4.90 Å². The number of fused-ring (bicyclic) bond motifs is 1. The standard InChI is InChI=1S/C25H24N2O/c28-25(21-5-6-21)27-13-10-19(11-14-27)15-18-1-3-20(4-2-18)22-7-8-24-17-26-12-9-23(24)16-22/h1-4,7-10,12,16-17,21H,5-6,11,13-15H2. The van der Waals surface area contributed by atoms with Crippen LogP contribution in [0.25, 0.3) is 21.9 Å². The maximum absolute atomic E-state index is 12.2. The summed E-state index contributed by atoms with van der Waals surface area (Å²) in [7, 11) is 0. The first-order chi connectivity index (χ1) is 13.8. The van der Waals surface area contributed by atoms with Crippen LogP contribution in [0.3, 0.4) is 0 Å². The van der Waals surface area contributed by atoms with Crippen LogP contribution in [-0.4, -0.2) is 28.9 Å². The van der Waals surface area contributed by atoms with Gasteiger partial charge in [-0.2, -0.15) is 0 Å². The molecule has 2 aromatic carbocycles. The van der Waals surface area contributed by atoms with E-state index in [4.69, 9.17) is 0 Å². The van der Waals surface area contributed by atoms with Crippen LogP contribution >= 0.6 is 0 Å². The quantitative estimate of drug-likeness (QED) is 0.606. The molecule has 1 amide bonds. The van der Waals surface area contributed by atoms with Crippen LogP contribution in [0, 0.1) is 5.92 Å². The number of carbonyl (C=O) groups excluding carboxylic acids is 1. The van der Waals surface area contributed by atoms with Crippen LogP contribution in [0.4, 0.5) is 0 Å². The molecule has 2 aliphatic rings. The summed E-state index contributed by atoms with van der Waals surface area (Å²) in [5.41, 5.74) is 5.26. The summed E-state index contributed by atoms with van der Waals surface area (Å²) in [6.45, 7) is 1.67. The second kappa shape index (κ2) is 7.23. The fourth-order valence-corrected chi connectivity index (χ4v) is 4.00. The molecular weight excluding hydrogens is 344 g/mol. The molecule has 28 heavy (non-hydrogen) atoms. The van der Waals surface area contributed by atoms with Gasteiger partial charge in [-0.25, -0.2) is 0 Å². The molecule has 3 nitrogen and oxygen atoms in total. The third-order valence-electron chi connectivity index (χ3n) is 5.90. The predicted octanol–water partition coefficient (Wildman–Crippen LogP) is 5.01. The summed E-state index contributed by atoms with van der Waals surface area (Å²) in [6, 6.07) is 17.5. The van der Waals surface area contributed by atoms with E-state index >= 15 is 0 Å². The van der Waals surface area contributed by atoms with Crippen molar-refractivity contribution in [2.24, 2.45) is 5.92 Å². The highest BCUT2D eigenvalue weighted by Gasteiger charge is 2.33. The van der Waals surface area contributed by atoms with Gasteiger partial charge in [0.1, 0.15) is 0 Å². The van der Waals surface area contributed by atoms with Crippen molar-refractivity contribution >= 4 is 16.7 Å². The van der Waals surface area contributed by atoms with Gasteiger partial charge in [-0.1, -0.05) is 48.0 Å². The normalized spacial score (nSPS) is 16.9. The lowest BCUT2D eigenvalue weighted by atomic mass is 9.96. The van der Waals surface area contributed by atoms with Gasteiger partial charge >= 0.3 is 0 Å². The summed E-state index contributed by atoms with van der Waals surface area (Å²) in [6.07, 6.45) is 10.2. The van der Waals surface area contributed by atoms with Crippen molar-refractivity contribution in [3.8, 4) is 11.1 Å². The molecule has 140 valence electrons. The van der Waals surface area contributed by atoms with Crippen LogP contribution in [0.1, 0.15) is 24.8 Å². The lowest BCUT2D eigenvalue weighted by Gasteiger charge is -2.26. The monoisotopic (exact) mass is 368 g/mol. The first-order valence-corrected chi connectivity index (χ1v) is 10.2. The van der Waals surface area contributed by atoms with Gasteiger partial charge in [-0.3, -0.25) is 9.78 Å². The Morgan fingerprint density at radius 3 is 2.57 bits per heavy atom. The van der Waals surface area contributed by atoms with Crippen molar-refractivity contribution in [3.05, 3.63) is 78.1 Å². The minimum absolute atomic E-state index is 0.328.